The zero-order chi connectivity index (χ0) is 8.27. The molecule has 4 heteroatoms. The van der Waals surface area contributed by atoms with Gasteiger partial charge in [-0.3, -0.25) is 10.1 Å². The molecule has 4 nitrogen and oxygen atoms in total. The maximum absolute atomic E-state index is 10.2. The molecule has 0 bridgehead atoms. The first-order valence-electron chi connectivity index (χ1n) is 3.02. The first-order valence-corrected chi connectivity index (χ1v) is 3.02. The standard InChI is InChI=1S/C7H7NO3/c1-11-7-4-2-6(3-5-7)8(9)10/h2-5H,1H3/i7+2. The molecule has 0 atom stereocenters. The lowest BCUT2D eigenvalue weighted by molar-refractivity contribution is -0.384. The summed E-state index contributed by atoms with van der Waals surface area (Å²) < 4.78 is 4.83. The average molecular weight is 155 g/mol. The van der Waals surface area contributed by atoms with Gasteiger partial charge in [0, 0.05) is 12.1 Å². The van der Waals surface area contributed by atoms with Crippen LogP contribution in [0.1, 0.15) is 0 Å². The van der Waals surface area contributed by atoms with Gasteiger partial charge >= 0.3 is 0 Å². The number of ether oxygens (including phenoxy) is 1. The number of non-ortho nitro benzene ring substituents is 1. The Kier molecular flexibility index (Phi) is 2.06. The Morgan fingerprint density at radius 1 is 1.55 bits per heavy atom. The summed E-state index contributed by atoms with van der Waals surface area (Å²) in [6, 6.07) is 5.91. The Morgan fingerprint density at radius 2 is 2.09 bits per heavy atom. The maximum Gasteiger partial charge on any atom is 0.269 e. The SMILES string of the molecule is CO[14c]1ccc([N+](=O)[O-])cc1. The number of methoxy groups -OCH3 is 1. The fraction of sp³-hybridized carbons (Fsp3) is 0.143. The summed E-state index contributed by atoms with van der Waals surface area (Å²) in [6.45, 7) is 0. The van der Waals surface area contributed by atoms with Gasteiger partial charge in [-0.2, -0.15) is 0 Å². The molecular formula is C7H7NO3. The molecule has 0 fully saturated rings. The minimum atomic E-state index is -0.445. The smallest absolute Gasteiger partial charge is 0.269 e. The summed E-state index contributed by atoms with van der Waals surface area (Å²) in [7, 11) is 1.52. The molecule has 0 saturated heterocycles. The van der Waals surface area contributed by atoms with Crippen LogP contribution in [-0.4, -0.2) is 12.0 Å². The van der Waals surface area contributed by atoms with Crippen molar-refractivity contribution in [3.63, 3.8) is 0 Å². The highest BCUT2D eigenvalue weighted by Gasteiger charge is 2.02. The van der Waals surface area contributed by atoms with Crippen LogP contribution in [0.3, 0.4) is 0 Å². The fourth-order valence-electron chi connectivity index (χ4n) is 0.704. The Bertz CT molecular complexity index is 255. The molecule has 0 aliphatic heterocycles. The molecule has 0 spiro atoms. The van der Waals surface area contributed by atoms with Crippen molar-refractivity contribution in [2.24, 2.45) is 0 Å². The van der Waals surface area contributed by atoms with Crippen molar-refractivity contribution < 1.29 is 9.66 Å². The average Bonchev–Trinajstić information content (AvgIpc) is 2.05. The molecule has 11 heavy (non-hydrogen) atoms. The van der Waals surface area contributed by atoms with E-state index in [1.807, 2.05) is 0 Å². The number of rotatable bonds is 2. The van der Waals surface area contributed by atoms with Gasteiger partial charge in [-0.25, -0.2) is 0 Å². The molecule has 0 aliphatic rings. The second kappa shape index (κ2) is 3.01. The Morgan fingerprint density at radius 3 is 2.45 bits per heavy atom. The van der Waals surface area contributed by atoms with Crippen LogP contribution in [0.4, 0.5) is 5.69 Å². The Balaban J connectivity index is 2.91. The summed E-state index contributed by atoms with van der Waals surface area (Å²) in [5, 5.41) is 10.2. The van der Waals surface area contributed by atoms with Gasteiger partial charge in [0.25, 0.3) is 5.69 Å². The normalized spacial score (nSPS) is 9.18. The van der Waals surface area contributed by atoms with Gasteiger partial charge in [-0.1, -0.05) is 0 Å². The van der Waals surface area contributed by atoms with Gasteiger partial charge in [0.2, 0.25) is 0 Å². The summed E-state index contributed by atoms with van der Waals surface area (Å²) in [4.78, 5) is 9.72. The Hall–Kier alpha value is -1.58. The van der Waals surface area contributed by atoms with Gasteiger partial charge in [0.1, 0.15) is 5.75 Å². The summed E-state index contributed by atoms with van der Waals surface area (Å²) >= 11 is 0. The van der Waals surface area contributed by atoms with Gasteiger partial charge < -0.3 is 4.74 Å². The number of nitrogens with zero attached hydrogens (tertiary/aromatic N) is 1. The molecular weight excluding hydrogens is 148 g/mol. The van der Waals surface area contributed by atoms with E-state index in [2.05, 4.69) is 0 Å². The van der Waals surface area contributed by atoms with Crippen molar-refractivity contribution in [1.29, 1.82) is 0 Å². The maximum atomic E-state index is 10.2. The van der Waals surface area contributed by atoms with Gasteiger partial charge in [-0.15, -0.1) is 0 Å². The third kappa shape index (κ3) is 1.67. The zero-order valence-corrected chi connectivity index (χ0v) is 5.98. The highest BCUT2D eigenvalue weighted by Crippen LogP contribution is 2.16. The van der Waals surface area contributed by atoms with Crippen molar-refractivity contribution >= 4 is 5.69 Å². The number of hydrogen-bond acceptors (Lipinski definition) is 3. The predicted molar refractivity (Wildman–Crippen MR) is 39.6 cm³/mol. The van der Waals surface area contributed by atoms with Crippen LogP contribution < -0.4 is 4.74 Å². The summed E-state index contributed by atoms with van der Waals surface area (Å²) in [5.74, 6) is 0.621. The molecule has 0 radical (unpaired) electrons. The Labute approximate surface area is 63.6 Å². The van der Waals surface area contributed by atoms with Gasteiger partial charge in [-0.05, 0) is 12.1 Å². The van der Waals surface area contributed by atoms with Gasteiger partial charge in [0.15, 0.2) is 0 Å². The minimum Gasteiger partial charge on any atom is -0.497 e. The van der Waals surface area contributed by atoms with Crippen LogP contribution in [0.2, 0.25) is 0 Å². The van der Waals surface area contributed by atoms with Crippen LogP contribution in [0.5, 0.6) is 5.75 Å². The lowest BCUT2D eigenvalue weighted by Gasteiger charge is -1.96. The van der Waals surface area contributed by atoms with Crippen LogP contribution in [0, 0.1) is 10.1 Å². The highest BCUT2D eigenvalue weighted by molar-refractivity contribution is 5.35. The first kappa shape index (κ1) is 7.53. The van der Waals surface area contributed by atoms with E-state index in [1.165, 1.54) is 19.2 Å². The molecule has 0 heterocycles. The third-order valence-electron chi connectivity index (χ3n) is 1.28. The van der Waals surface area contributed by atoms with E-state index >= 15 is 0 Å². The number of nitro groups is 1. The zero-order valence-electron chi connectivity index (χ0n) is 5.98. The first-order chi connectivity index (χ1) is 5.24. The van der Waals surface area contributed by atoms with E-state index in [0.717, 1.165) is 0 Å². The lowest BCUT2D eigenvalue weighted by atomic mass is 10.4. The molecule has 1 aromatic rings. The van der Waals surface area contributed by atoms with Crippen molar-refractivity contribution in [1.82, 2.24) is 0 Å². The van der Waals surface area contributed by atoms with E-state index in [4.69, 9.17) is 4.74 Å². The lowest BCUT2D eigenvalue weighted by Crippen LogP contribution is -1.87. The van der Waals surface area contributed by atoms with Crippen molar-refractivity contribution in [2.75, 3.05) is 7.11 Å². The molecule has 0 amide bonds. The quantitative estimate of drug-likeness (QED) is 0.481. The van der Waals surface area contributed by atoms with E-state index < -0.39 is 4.92 Å². The molecule has 1 rings (SSSR count). The molecule has 0 aromatic heterocycles. The number of hydrogen-bond donors (Lipinski definition) is 0. The van der Waals surface area contributed by atoms with Crippen LogP contribution >= 0.6 is 0 Å². The largest absolute Gasteiger partial charge is 0.497 e. The van der Waals surface area contributed by atoms with Crippen molar-refractivity contribution in [2.45, 2.75) is 0 Å². The third-order valence-corrected chi connectivity index (χ3v) is 1.28. The van der Waals surface area contributed by atoms with E-state index in [1.54, 1.807) is 12.1 Å². The van der Waals surface area contributed by atoms with E-state index in [-0.39, 0.29) is 5.69 Å². The second-order valence-corrected chi connectivity index (χ2v) is 1.96. The molecule has 1 aromatic carbocycles. The number of benzene rings is 1. The van der Waals surface area contributed by atoms with Crippen molar-refractivity contribution in [3.05, 3.63) is 34.4 Å². The highest BCUT2D eigenvalue weighted by atomic mass is 16.6. The van der Waals surface area contributed by atoms with Gasteiger partial charge in [0.05, 0.1) is 12.0 Å². The van der Waals surface area contributed by atoms with E-state index in [9.17, 15) is 10.1 Å². The topological polar surface area (TPSA) is 52.4 Å². The van der Waals surface area contributed by atoms with Crippen molar-refractivity contribution in [3.8, 4) is 5.75 Å². The van der Waals surface area contributed by atoms with Crippen LogP contribution in [0.25, 0.3) is 0 Å². The second-order valence-electron chi connectivity index (χ2n) is 1.96. The molecule has 0 aliphatic carbocycles. The minimum absolute atomic E-state index is 0.0748. The molecule has 0 unspecified atom stereocenters. The fourth-order valence-corrected chi connectivity index (χ4v) is 0.704. The summed E-state index contributed by atoms with van der Waals surface area (Å²) in [5.41, 5.74) is 0.0748. The predicted octanol–water partition coefficient (Wildman–Crippen LogP) is 1.60. The van der Waals surface area contributed by atoms with Crippen LogP contribution in [0.15, 0.2) is 24.3 Å². The van der Waals surface area contributed by atoms with E-state index in [0.29, 0.717) is 5.75 Å². The van der Waals surface area contributed by atoms with Crippen LogP contribution in [-0.2, 0) is 0 Å². The molecule has 58 valence electrons. The number of nitro benzene ring substituents is 1. The molecule has 0 N–H and O–H groups in total. The summed E-state index contributed by atoms with van der Waals surface area (Å²) in [6.07, 6.45) is 0. The monoisotopic (exact) mass is 155 g/mol. The molecule has 0 saturated carbocycles.